The quantitative estimate of drug-likeness (QED) is 0.673. The third kappa shape index (κ3) is 4.80. The number of aryl methyl sites for hydroxylation is 2. The van der Waals surface area contributed by atoms with Gasteiger partial charge < -0.3 is 25.0 Å². The number of likely N-dealkylation sites (tertiary alicyclic amines) is 1. The Morgan fingerprint density at radius 1 is 1.09 bits per heavy atom. The van der Waals surface area contributed by atoms with Crippen LogP contribution in [0.5, 0.6) is 0 Å². The molecule has 0 saturated carbocycles. The van der Waals surface area contributed by atoms with E-state index < -0.39 is 5.79 Å². The monoisotopic (exact) mass is 481 g/mol. The van der Waals surface area contributed by atoms with Crippen molar-refractivity contribution >= 4 is 35.0 Å². The number of thioether (sulfide) groups is 1. The average Bonchev–Trinajstić information content (AvgIpc) is 3.29. The van der Waals surface area contributed by atoms with Crippen LogP contribution in [0.3, 0.4) is 0 Å². The van der Waals surface area contributed by atoms with Gasteiger partial charge in [-0.15, -0.1) is 0 Å². The van der Waals surface area contributed by atoms with Gasteiger partial charge >= 0.3 is 0 Å². The topological polar surface area (TPSA) is 79.9 Å². The van der Waals surface area contributed by atoms with Crippen molar-refractivity contribution in [1.82, 2.24) is 4.90 Å². The summed E-state index contributed by atoms with van der Waals surface area (Å²) in [6.45, 7) is 6.65. The Hall–Kier alpha value is -2.55. The van der Waals surface area contributed by atoms with Gasteiger partial charge in [-0.3, -0.25) is 9.59 Å². The fraction of sp³-hybridized carbons (Fsp3) is 0.462. The van der Waals surface area contributed by atoms with Crippen molar-refractivity contribution < 1.29 is 19.1 Å². The Balaban J connectivity index is 1.18. The lowest BCUT2D eigenvalue weighted by Crippen LogP contribution is -2.47. The van der Waals surface area contributed by atoms with Crippen LogP contribution in [-0.2, 0) is 20.0 Å². The van der Waals surface area contributed by atoms with E-state index in [9.17, 15) is 9.59 Å². The number of hydrogen-bond donors (Lipinski definition) is 2. The van der Waals surface area contributed by atoms with Crippen molar-refractivity contribution in [2.75, 3.05) is 42.7 Å². The third-order valence-electron chi connectivity index (χ3n) is 6.84. The molecule has 0 unspecified atom stereocenters. The van der Waals surface area contributed by atoms with E-state index in [1.165, 1.54) is 16.7 Å². The Bertz CT molecular complexity index is 1090. The lowest BCUT2D eigenvalue weighted by atomic mass is 10.0. The lowest BCUT2D eigenvalue weighted by Gasteiger charge is -2.37. The molecule has 1 spiro atoms. The minimum atomic E-state index is -0.504. The molecule has 7 nitrogen and oxygen atoms in total. The molecule has 1 atom stereocenters. The molecular formula is C26H31N3O4S. The summed E-state index contributed by atoms with van der Waals surface area (Å²) in [6.07, 6.45) is 1.37. The zero-order valence-electron chi connectivity index (χ0n) is 19.7. The van der Waals surface area contributed by atoms with Crippen LogP contribution in [0.15, 0.2) is 36.4 Å². The predicted octanol–water partition coefficient (Wildman–Crippen LogP) is 3.95. The molecule has 3 heterocycles. The number of nitrogens with one attached hydrogen (secondary N) is 2. The van der Waals surface area contributed by atoms with E-state index in [2.05, 4.69) is 42.7 Å². The number of nitrogens with zero attached hydrogens (tertiary/aromatic N) is 1. The number of rotatable bonds is 5. The van der Waals surface area contributed by atoms with Crippen LogP contribution in [0.2, 0.25) is 0 Å². The Morgan fingerprint density at radius 3 is 2.62 bits per heavy atom. The van der Waals surface area contributed by atoms with E-state index in [-0.39, 0.29) is 17.9 Å². The van der Waals surface area contributed by atoms with E-state index in [0.717, 1.165) is 11.4 Å². The van der Waals surface area contributed by atoms with Crippen molar-refractivity contribution in [1.29, 1.82) is 0 Å². The van der Waals surface area contributed by atoms with Gasteiger partial charge in [0.25, 0.3) is 5.91 Å². The van der Waals surface area contributed by atoms with Crippen LogP contribution in [0.25, 0.3) is 0 Å². The van der Waals surface area contributed by atoms with Crippen molar-refractivity contribution in [3.63, 3.8) is 0 Å². The van der Waals surface area contributed by atoms with Gasteiger partial charge in [-0.05, 0) is 43.2 Å². The Labute approximate surface area is 204 Å². The minimum absolute atomic E-state index is 0.0314. The van der Waals surface area contributed by atoms with Gasteiger partial charge in [0.05, 0.1) is 24.6 Å². The van der Waals surface area contributed by atoms with Gasteiger partial charge in [0, 0.05) is 43.0 Å². The summed E-state index contributed by atoms with van der Waals surface area (Å²) in [5.41, 5.74) is 5.90. The second-order valence-corrected chi connectivity index (χ2v) is 10.3. The molecule has 2 aromatic rings. The van der Waals surface area contributed by atoms with Crippen LogP contribution in [-0.4, -0.2) is 60.6 Å². The van der Waals surface area contributed by atoms with Crippen molar-refractivity contribution in [3.05, 3.63) is 58.7 Å². The zero-order chi connectivity index (χ0) is 23.7. The van der Waals surface area contributed by atoms with Crippen LogP contribution >= 0.6 is 11.8 Å². The average molecular weight is 482 g/mol. The van der Waals surface area contributed by atoms with Gasteiger partial charge in [-0.2, -0.15) is 11.8 Å². The highest BCUT2D eigenvalue weighted by atomic mass is 32.2. The summed E-state index contributed by atoms with van der Waals surface area (Å²) in [7, 11) is 0. The number of carbonyl (C=O) groups excluding carboxylic acids is 2. The molecule has 2 amide bonds. The number of piperidine rings is 1. The number of ether oxygens (including phenoxy) is 2. The summed E-state index contributed by atoms with van der Waals surface area (Å²) in [4.78, 5) is 27.6. The largest absolute Gasteiger partial charge is 0.371 e. The fourth-order valence-corrected chi connectivity index (χ4v) is 5.88. The molecule has 0 bridgehead atoms. The number of amides is 2. The second kappa shape index (κ2) is 9.60. The predicted molar refractivity (Wildman–Crippen MR) is 134 cm³/mol. The first-order valence-corrected chi connectivity index (χ1v) is 13.0. The molecule has 2 fully saturated rings. The highest BCUT2D eigenvalue weighted by molar-refractivity contribution is 7.98. The normalized spacial score (nSPS) is 21.2. The molecule has 0 aliphatic carbocycles. The minimum Gasteiger partial charge on any atom is -0.371 e. The summed E-state index contributed by atoms with van der Waals surface area (Å²) in [5.74, 6) is 0.929. The molecule has 0 radical (unpaired) electrons. The summed E-state index contributed by atoms with van der Waals surface area (Å²) < 4.78 is 11.5. The summed E-state index contributed by atoms with van der Waals surface area (Å²) in [6, 6.07) is 11.7. The van der Waals surface area contributed by atoms with Crippen LogP contribution in [0.4, 0.5) is 11.4 Å². The standard InChI is InChI=1S/C26H31N3O4S/c1-17-3-4-18(2)20(13-17)15-34-16-23-24(30)28-22-14-19(5-6-21(22)27-23)25(31)29-9-7-26(8-10-29)32-11-12-33-26/h3-6,13-14,23,27H,7-12,15-16H2,1-2H3,(H,28,30)/t23-/m1/s1. The SMILES string of the molecule is Cc1ccc(C)c(CSC[C@H]2Nc3ccc(C(=O)N4CCC5(CC4)OCCO5)cc3NC2=O)c1. The molecule has 2 saturated heterocycles. The van der Waals surface area contributed by atoms with Crippen LogP contribution < -0.4 is 10.6 Å². The van der Waals surface area contributed by atoms with Crippen LogP contribution in [0.1, 0.15) is 39.9 Å². The summed E-state index contributed by atoms with van der Waals surface area (Å²) in [5, 5.41) is 6.34. The molecule has 2 aromatic carbocycles. The number of carbonyl (C=O) groups is 2. The van der Waals surface area contributed by atoms with Crippen molar-refractivity contribution in [2.24, 2.45) is 0 Å². The Morgan fingerprint density at radius 2 is 1.85 bits per heavy atom. The third-order valence-corrected chi connectivity index (χ3v) is 7.93. The van der Waals surface area contributed by atoms with E-state index in [1.807, 2.05) is 17.0 Å². The van der Waals surface area contributed by atoms with E-state index >= 15 is 0 Å². The molecule has 2 N–H and O–H groups in total. The van der Waals surface area contributed by atoms with Gasteiger partial charge in [0.2, 0.25) is 5.91 Å². The van der Waals surface area contributed by atoms with Gasteiger partial charge in [0.1, 0.15) is 6.04 Å². The van der Waals surface area contributed by atoms with Crippen molar-refractivity contribution in [3.8, 4) is 0 Å². The first-order valence-electron chi connectivity index (χ1n) is 11.8. The fourth-order valence-electron chi connectivity index (χ4n) is 4.76. The van der Waals surface area contributed by atoms with E-state index in [0.29, 0.717) is 56.1 Å². The molecule has 3 aliphatic heterocycles. The molecule has 8 heteroatoms. The highest BCUT2D eigenvalue weighted by Crippen LogP contribution is 2.33. The van der Waals surface area contributed by atoms with Gasteiger partial charge in [0.15, 0.2) is 5.79 Å². The molecule has 5 rings (SSSR count). The lowest BCUT2D eigenvalue weighted by molar-refractivity contribution is -0.181. The van der Waals surface area contributed by atoms with Crippen molar-refractivity contribution in [2.45, 2.75) is 44.3 Å². The molecule has 180 valence electrons. The molecular weight excluding hydrogens is 450 g/mol. The van der Waals surface area contributed by atoms with Crippen LogP contribution in [0, 0.1) is 13.8 Å². The van der Waals surface area contributed by atoms with Gasteiger partial charge in [-0.1, -0.05) is 23.8 Å². The molecule has 0 aromatic heterocycles. The maximum atomic E-state index is 13.1. The number of anilines is 2. The Kier molecular flexibility index (Phi) is 6.55. The number of fused-ring (bicyclic) bond motifs is 1. The second-order valence-electron chi connectivity index (χ2n) is 9.29. The molecule has 3 aliphatic rings. The highest BCUT2D eigenvalue weighted by Gasteiger charge is 2.41. The maximum absolute atomic E-state index is 13.1. The van der Waals surface area contributed by atoms with Gasteiger partial charge in [-0.25, -0.2) is 0 Å². The number of benzene rings is 2. The smallest absolute Gasteiger partial charge is 0.253 e. The van der Waals surface area contributed by atoms with E-state index in [4.69, 9.17) is 9.47 Å². The summed E-state index contributed by atoms with van der Waals surface area (Å²) >= 11 is 1.74. The number of hydrogen-bond acceptors (Lipinski definition) is 6. The van der Waals surface area contributed by atoms with E-state index in [1.54, 1.807) is 17.8 Å². The maximum Gasteiger partial charge on any atom is 0.253 e. The first-order chi connectivity index (χ1) is 16.4. The zero-order valence-corrected chi connectivity index (χ0v) is 20.5. The first kappa shape index (κ1) is 23.2. The molecule has 34 heavy (non-hydrogen) atoms.